The highest BCUT2D eigenvalue weighted by atomic mass is 16.5. The van der Waals surface area contributed by atoms with Crippen LogP contribution in [0.25, 0.3) is 0 Å². The summed E-state index contributed by atoms with van der Waals surface area (Å²) in [4.78, 5) is 24.5. The number of hydrogen-bond donors (Lipinski definition) is 2. The maximum atomic E-state index is 12.4. The Morgan fingerprint density at radius 1 is 1.19 bits per heavy atom. The smallest absolute Gasteiger partial charge is 0.258 e. The van der Waals surface area contributed by atoms with Crippen molar-refractivity contribution < 1.29 is 14.3 Å². The molecule has 0 aliphatic carbocycles. The molecule has 0 fully saturated rings. The van der Waals surface area contributed by atoms with Crippen LogP contribution in [-0.4, -0.2) is 40.8 Å². The number of nitrogens with zero attached hydrogens (tertiary/aromatic N) is 2. The number of aromatic nitrogens is 2. The molecule has 0 saturated heterocycles. The van der Waals surface area contributed by atoms with E-state index in [1.165, 1.54) is 0 Å². The molecule has 2 N–H and O–H groups in total. The summed E-state index contributed by atoms with van der Waals surface area (Å²) in [6, 6.07) is 10.4. The molecule has 0 spiro atoms. The van der Waals surface area contributed by atoms with Crippen molar-refractivity contribution in [2.75, 3.05) is 13.2 Å². The van der Waals surface area contributed by atoms with Crippen molar-refractivity contribution in [3.05, 3.63) is 48.8 Å². The van der Waals surface area contributed by atoms with Crippen molar-refractivity contribution >= 4 is 11.8 Å². The van der Waals surface area contributed by atoms with E-state index in [4.69, 9.17) is 4.74 Å². The van der Waals surface area contributed by atoms with E-state index >= 15 is 0 Å². The van der Waals surface area contributed by atoms with Crippen LogP contribution in [0.15, 0.2) is 48.8 Å². The van der Waals surface area contributed by atoms with Gasteiger partial charge in [0.05, 0.1) is 0 Å². The van der Waals surface area contributed by atoms with Gasteiger partial charge in [0.15, 0.2) is 6.61 Å². The minimum absolute atomic E-state index is 0.0261. The summed E-state index contributed by atoms with van der Waals surface area (Å²) >= 11 is 0. The zero-order chi connectivity index (χ0) is 18.8. The molecule has 1 aromatic carbocycles. The summed E-state index contributed by atoms with van der Waals surface area (Å²) in [6.45, 7) is 4.92. The number of benzene rings is 1. The molecule has 2 rings (SSSR count). The molecule has 1 unspecified atom stereocenters. The van der Waals surface area contributed by atoms with Crippen molar-refractivity contribution in [2.45, 2.75) is 32.9 Å². The first-order valence-electron chi connectivity index (χ1n) is 8.78. The van der Waals surface area contributed by atoms with E-state index in [1.807, 2.05) is 49.0 Å². The number of aryl methyl sites for hydroxylation is 1. The molecule has 7 heteroatoms. The maximum absolute atomic E-state index is 12.4. The van der Waals surface area contributed by atoms with Crippen LogP contribution in [0.2, 0.25) is 0 Å². The van der Waals surface area contributed by atoms with Gasteiger partial charge in [-0.3, -0.25) is 14.3 Å². The van der Waals surface area contributed by atoms with Crippen molar-refractivity contribution in [1.29, 1.82) is 0 Å². The van der Waals surface area contributed by atoms with Gasteiger partial charge < -0.3 is 15.4 Å². The molecule has 0 radical (unpaired) electrons. The normalized spacial score (nSPS) is 11.8. The fourth-order valence-corrected chi connectivity index (χ4v) is 2.41. The summed E-state index contributed by atoms with van der Waals surface area (Å²) in [5.74, 6) is 0.0846. The highest BCUT2D eigenvalue weighted by Gasteiger charge is 2.23. The molecule has 0 saturated carbocycles. The van der Waals surface area contributed by atoms with E-state index in [2.05, 4.69) is 15.7 Å². The summed E-state index contributed by atoms with van der Waals surface area (Å²) in [5, 5.41) is 9.73. The first kappa shape index (κ1) is 19.5. The van der Waals surface area contributed by atoms with E-state index in [0.717, 1.165) is 13.0 Å². The van der Waals surface area contributed by atoms with Crippen LogP contribution < -0.4 is 15.4 Å². The number of carbonyl (C=O) groups is 2. The second-order valence-electron chi connectivity index (χ2n) is 6.30. The van der Waals surface area contributed by atoms with Crippen molar-refractivity contribution in [1.82, 2.24) is 20.4 Å². The monoisotopic (exact) mass is 358 g/mol. The second kappa shape index (κ2) is 10.2. The lowest BCUT2D eigenvalue weighted by Crippen LogP contribution is -2.51. The van der Waals surface area contributed by atoms with Crippen LogP contribution in [0.3, 0.4) is 0 Å². The molecule has 0 aliphatic heterocycles. The average Bonchev–Trinajstić information content (AvgIpc) is 3.15. The third kappa shape index (κ3) is 6.58. The second-order valence-corrected chi connectivity index (χ2v) is 6.30. The number of nitrogens with one attached hydrogen (secondary N) is 2. The van der Waals surface area contributed by atoms with E-state index in [0.29, 0.717) is 12.3 Å². The Balaban J connectivity index is 1.73. The fraction of sp³-hybridized carbons (Fsp3) is 0.421. The van der Waals surface area contributed by atoms with Gasteiger partial charge in [-0.2, -0.15) is 5.10 Å². The Bertz CT molecular complexity index is 671. The van der Waals surface area contributed by atoms with Crippen molar-refractivity contribution in [2.24, 2.45) is 5.92 Å². The molecular weight excluding hydrogens is 332 g/mol. The quantitative estimate of drug-likeness (QED) is 0.632. The Labute approximate surface area is 153 Å². The van der Waals surface area contributed by atoms with Crippen LogP contribution >= 0.6 is 0 Å². The van der Waals surface area contributed by atoms with Crippen LogP contribution in [-0.2, 0) is 16.1 Å². The van der Waals surface area contributed by atoms with Gasteiger partial charge in [0, 0.05) is 25.5 Å². The van der Waals surface area contributed by atoms with Crippen LogP contribution in [0, 0.1) is 5.92 Å². The van der Waals surface area contributed by atoms with E-state index in [1.54, 1.807) is 18.3 Å². The molecule has 7 nitrogen and oxygen atoms in total. The maximum Gasteiger partial charge on any atom is 0.258 e. The summed E-state index contributed by atoms with van der Waals surface area (Å²) < 4.78 is 7.23. The average molecular weight is 358 g/mol. The molecule has 1 aromatic heterocycles. The van der Waals surface area contributed by atoms with E-state index in [-0.39, 0.29) is 24.3 Å². The van der Waals surface area contributed by atoms with Crippen molar-refractivity contribution in [3.8, 4) is 5.75 Å². The highest BCUT2D eigenvalue weighted by molar-refractivity contribution is 5.88. The summed E-state index contributed by atoms with van der Waals surface area (Å²) in [7, 11) is 0. The summed E-state index contributed by atoms with van der Waals surface area (Å²) in [6.07, 6.45) is 4.37. The first-order valence-corrected chi connectivity index (χ1v) is 8.78. The summed E-state index contributed by atoms with van der Waals surface area (Å²) in [5.41, 5.74) is 0. The lowest BCUT2D eigenvalue weighted by atomic mass is 10.0. The van der Waals surface area contributed by atoms with E-state index in [9.17, 15) is 9.59 Å². The number of ether oxygens (including phenoxy) is 1. The van der Waals surface area contributed by atoms with Gasteiger partial charge in [-0.25, -0.2) is 0 Å². The Kier molecular flexibility index (Phi) is 7.67. The number of rotatable bonds is 10. The molecule has 0 aliphatic rings. The number of para-hydroxylation sites is 1. The molecule has 140 valence electrons. The van der Waals surface area contributed by atoms with Gasteiger partial charge in [-0.05, 0) is 30.5 Å². The predicted octanol–water partition coefficient (Wildman–Crippen LogP) is 1.61. The molecular formula is C19H26N4O3. The van der Waals surface area contributed by atoms with Gasteiger partial charge in [0.2, 0.25) is 5.91 Å². The molecule has 0 bridgehead atoms. The highest BCUT2D eigenvalue weighted by Crippen LogP contribution is 2.08. The predicted molar refractivity (Wildman–Crippen MR) is 98.6 cm³/mol. The van der Waals surface area contributed by atoms with Crippen LogP contribution in [0.1, 0.15) is 20.3 Å². The minimum Gasteiger partial charge on any atom is -0.484 e. The third-order valence-electron chi connectivity index (χ3n) is 3.80. The Hall–Kier alpha value is -2.83. The standard InChI is InChI=1S/C19H26N4O3/c1-15(2)18(19(25)20-10-6-12-23-13-7-11-21-23)22-17(24)14-26-16-8-4-3-5-9-16/h3-5,7-9,11,13,15,18H,6,10,12,14H2,1-2H3,(H,20,25)(H,22,24). The van der Waals surface area contributed by atoms with Gasteiger partial charge in [-0.1, -0.05) is 32.0 Å². The lowest BCUT2D eigenvalue weighted by Gasteiger charge is -2.21. The largest absolute Gasteiger partial charge is 0.484 e. The zero-order valence-corrected chi connectivity index (χ0v) is 15.2. The third-order valence-corrected chi connectivity index (χ3v) is 3.80. The Morgan fingerprint density at radius 3 is 2.62 bits per heavy atom. The molecule has 1 atom stereocenters. The molecule has 2 amide bonds. The molecule has 2 aromatic rings. The zero-order valence-electron chi connectivity index (χ0n) is 15.2. The fourth-order valence-electron chi connectivity index (χ4n) is 2.41. The van der Waals surface area contributed by atoms with Gasteiger partial charge in [0.1, 0.15) is 11.8 Å². The van der Waals surface area contributed by atoms with Crippen molar-refractivity contribution in [3.63, 3.8) is 0 Å². The number of amides is 2. The molecule has 26 heavy (non-hydrogen) atoms. The number of hydrogen-bond acceptors (Lipinski definition) is 4. The van der Waals surface area contributed by atoms with Gasteiger partial charge in [0.25, 0.3) is 5.91 Å². The van der Waals surface area contributed by atoms with Gasteiger partial charge in [-0.15, -0.1) is 0 Å². The first-order chi connectivity index (χ1) is 12.6. The SMILES string of the molecule is CC(C)C(NC(=O)COc1ccccc1)C(=O)NCCCn1cccn1. The van der Waals surface area contributed by atoms with Gasteiger partial charge >= 0.3 is 0 Å². The lowest BCUT2D eigenvalue weighted by molar-refractivity contribution is -0.131. The van der Waals surface area contributed by atoms with E-state index < -0.39 is 6.04 Å². The van der Waals surface area contributed by atoms with Crippen LogP contribution in [0.4, 0.5) is 0 Å². The topological polar surface area (TPSA) is 85.2 Å². The number of carbonyl (C=O) groups excluding carboxylic acids is 2. The molecule has 1 heterocycles. The minimum atomic E-state index is -0.591. The van der Waals surface area contributed by atoms with Crippen LogP contribution in [0.5, 0.6) is 5.75 Å². The Morgan fingerprint density at radius 2 is 1.96 bits per heavy atom.